The Morgan fingerprint density at radius 2 is 1.88 bits per heavy atom. The summed E-state index contributed by atoms with van der Waals surface area (Å²) in [6.07, 6.45) is 1.78. The molecule has 0 aliphatic heterocycles. The number of aromatic nitrogens is 1. The second-order valence-electron chi connectivity index (χ2n) is 3.85. The maximum absolute atomic E-state index is 6.02. The van der Waals surface area contributed by atoms with Crippen LogP contribution >= 0.6 is 0 Å². The third-order valence-electron chi connectivity index (χ3n) is 2.65. The Hall–Kier alpha value is -2.03. The molecule has 0 unspecified atom stereocenters. The van der Waals surface area contributed by atoms with E-state index in [0.29, 0.717) is 6.61 Å². The topological polar surface area (TPSA) is 48.1 Å². The molecular formula is C14H16N2O. The van der Waals surface area contributed by atoms with Crippen LogP contribution in [0.25, 0.3) is 11.3 Å². The smallest absolute Gasteiger partial charge is 0.119 e. The van der Waals surface area contributed by atoms with E-state index in [-0.39, 0.29) is 0 Å². The molecule has 2 N–H and O–H groups in total. The van der Waals surface area contributed by atoms with Crippen LogP contribution in [0.5, 0.6) is 5.75 Å². The molecule has 1 aromatic carbocycles. The Labute approximate surface area is 101 Å². The van der Waals surface area contributed by atoms with Gasteiger partial charge in [0.2, 0.25) is 0 Å². The molecule has 0 atom stereocenters. The lowest BCUT2D eigenvalue weighted by molar-refractivity contribution is 0.340. The molecule has 0 aliphatic carbocycles. The van der Waals surface area contributed by atoms with Gasteiger partial charge in [0.1, 0.15) is 5.75 Å². The van der Waals surface area contributed by atoms with Crippen molar-refractivity contribution in [2.75, 3.05) is 12.3 Å². The molecule has 17 heavy (non-hydrogen) atoms. The molecule has 1 heterocycles. The first kappa shape index (κ1) is 11.5. The Kier molecular flexibility index (Phi) is 3.28. The van der Waals surface area contributed by atoms with Gasteiger partial charge < -0.3 is 10.5 Å². The summed E-state index contributed by atoms with van der Waals surface area (Å²) >= 11 is 0. The van der Waals surface area contributed by atoms with Crippen LogP contribution in [-0.4, -0.2) is 11.6 Å². The third-order valence-corrected chi connectivity index (χ3v) is 2.65. The predicted octanol–water partition coefficient (Wildman–Crippen LogP) is 3.04. The number of nitrogen functional groups attached to an aromatic ring is 1. The first-order valence-corrected chi connectivity index (χ1v) is 5.66. The highest BCUT2D eigenvalue weighted by molar-refractivity contribution is 5.74. The molecule has 0 aliphatic rings. The maximum Gasteiger partial charge on any atom is 0.119 e. The van der Waals surface area contributed by atoms with Crippen molar-refractivity contribution in [3.8, 4) is 17.0 Å². The van der Waals surface area contributed by atoms with Gasteiger partial charge >= 0.3 is 0 Å². The van der Waals surface area contributed by atoms with Gasteiger partial charge in [-0.25, -0.2) is 0 Å². The van der Waals surface area contributed by atoms with Gasteiger partial charge in [-0.3, -0.25) is 4.98 Å². The van der Waals surface area contributed by atoms with E-state index in [9.17, 15) is 0 Å². The monoisotopic (exact) mass is 228 g/mol. The normalized spacial score (nSPS) is 10.2. The molecule has 2 rings (SSSR count). The number of hydrogen-bond acceptors (Lipinski definition) is 3. The Morgan fingerprint density at radius 3 is 2.53 bits per heavy atom. The number of rotatable bonds is 3. The van der Waals surface area contributed by atoms with Gasteiger partial charge in [-0.15, -0.1) is 0 Å². The highest BCUT2D eigenvalue weighted by Gasteiger charge is 2.06. The van der Waals surface area contributed by atoms with Gasteiger partial charge in [0, 0.05) is 11.8 Å². The Morgan fingerprint density at radius 1 is 1.18 bits per heavy atom. The first-order chi connectivity index (χ1) is 8.22. The van der Waals surface area contributed by atoms with Crippen molar-refractivity contribution in [2.45, 2.75) is 13.8 Å². The molecule has 0 saturated heterocycles. The number of benzene rings is 1. The summed E-state index contributed by atoms with van der Waals surface area (Å²) in [5.41, 5.74) is 9.63. The average Bonchev–Trinajstić information content (AvgIpc) is 2.34. The number of anilines is 1. The number of nitrogens with zero attached hydrogens (tertiary/aromatic N) is 1. The maximum atomic E-state index is 6.02. The van der Waals surface area contributed by atoms with E-state index in [1.807, 2.05) is 44.2 Å². The molecule has 2 aromatic rings. The number of nitrogens with two attached hydrogens (primary N) is 1. The van der Waals surface area contributed by atoms with Crippen molar-refractivity contribution >= 4 is 5.69 Å². The molecular weight excluding hydrogens is 212 g/mol. The van der Waals surface area contributed by atoms with Crippen molar-refractivity contribution in [3.05, 3.63) is 42.1 Å². The standard InChI is InChI=1S/C14H16N2O/c1-3-17-12-6-4-11(5-7-12)14-13(15)10(2)8-9-16-14/h4-9H,3,15H2,1-2H3. The predicted molar refractivity (Wildman–Crippen MR) is 70.0 cm³/mol. The second kappa shape index (κ2) is 4.87. The lowest BCUT2D eigenvalue weighted by Crippen LogP contribution is -1.96. The van der Waals surface area contributed by atoms with Gasteiger partial charge in [0.05, 0.1) is 18.0 Å². The summed E-state index contributed by atoms with van der Waals surface area (Å²) in [5, 5.41) is 0. The molecule has 3 heteroatoms. The van der Waals surface area contributed by atoms with Crippen LogP contribution < -0.4 is 10.5 Å². The van der Waals surface area contributed by atoms with E-state index in [2.05, 4.69) is 4.98 Å². The van der Waals surface area contributed by atoms with Crippen molar-refractivity contribution in [3.63, 3.8) is 0 Å². The Bertz CT molecular complexity index is 506. The van der Waals surface area contributed by atoms with Crippen LogP contribution in [0.3, 0.4) is 0 Å². The minimum Gasteiger partial charge on any atom is -0.494 e. The highest BCUT2D eigenvalue weighted by Crippen LogP contribution is 2.27. The second-order valence-corrected chi connectivity index (χ2v) is 3.85. The van der Waals surface area contributed by atoms with Crippen LogP contribution in [0, 0.1) is 6.92 Å². The number of aryl methyl sites for hydroxylation is 1. The van der Waals surface area contributed by atoms with E-state index in [1.54, 1.807) is 6.20 Å². The third kappa shape index (κ3) is 2.38. The van der Waals surface area contributed by atoms with Gasteiger partial charge in [-0.2, -0.15) is 0 Å². The quantitative estimate of drug-likeness (QED) is 0.878. The van der Waals surface area contributed by atoms with Crippen molar-refractivity contribution in [1.82, 2.24) is 4.98 Å². The van der Waals surface area contributed by atoms with Gasteiger partial charge in [-0.1, -0.05) is 0 Å². The molecule has 0 amide bonds. The lowest BCUT2D eigenvalue weighted by atomic mass is 10.1. The molecule has 0 bridgehead atoms. The molecule has 1 aromatic heterocycles. The van der Waals surface area contributed by atoms with Crippen molar-refractivity contribution in [1.29, 1.82) is 0 Å². The fraction of sp³-hybridized carbons (Fsp3) is 0.214. The zero-order valence-electron chi connectivity index (χ0n) is 10.1. The highest BCUT2D eigenvalue weighted by atomic mass is 16.5. The summed E-state index contributed by atoms with van der Waals surface area (Å²) in [6.45, 7) is 4.62. The van der Waals surface area contributed by atoms with E-state index in [0.717, 1.165) is 28.3 Å². The zero-order chi connectivity index (χ0) is 12.3. The van der Waals surface area contributed by atoms with Gasteiger partial charge in [0.25, 0.3) is 0 Å². The van der Waals surface area contributed by atoms with Crippen LogP contribution in [0.4, 0.5) is 5.69 Å². The lowest BCUT2D eigenvalue weighted by Gasteiger charge is -2.08. The van der Waals surface area contributed by atoms with Crippen LogP contribution in [-0.2, 0) is 0 Å². The van der Waals surface area contributed by atoms with E-state index in [4.69, 9.17) is 10.5 Å². The average molecular weight is 228 g/mol. The van der Waals surface area contributed by atoms with Gasteiger partial charge in [-0.05, 0) is 49.7 Å². The van der Waals surface area contributed by atoms with Crippen molar-refractivity contribution in [2.24, 2.45) is 0 Å². The summed E-state index contributed by atoms with van der Waals surface area (Å²) in [5.74, 6) is 0.863. The molecule has 88 valence electrons. The first-order valence-electron chi connectivity index (χ1n) is 5.66. The summed E-state index contributed by atoms with van der Waals surface area (Å²) in [4.78, 5) is 4.32. The minimum absolute atomic E-state index is 0.671. The molecule has 0 fully saturated rings. The zero-order valence-corrected chi connectivity index (χ0v) is 10.1. The fourth-order valence-electron chi connectivity index (χ4n) is 1.68. The van der Waals surface area contributed by atoms with Crippen LogP contribution in [0.1, 0.15) is 12.5 Å². The molecule has 0 spiro atoms. The summed E-state index contributed by atoms with van der Waals surface area (Å²) in [7, 11) is 0. The largest absolute Gasteiger partial charge is 0.494 e. The molecule has 0 saturated carbocycles. The Balaban J connectivity index is 2.36. The fourth-order valence-corrected chi connectivity index (χ4v) is 1.68. The van der Waals surface area contributed by atoms with Crippen LogP contribution in [0.2, 0.25) is 0 Å². The van der Waals surface area contributed by atoms with E-state index < -0.39 is 0 Å². The van der Waals surface area contributed by atoms with E-state index in [1.165, 1.54) is 0 Å². The number of pyridine rings is 1. The number of hydrogen-bond donors (Lipinski definition) is 1. The summed E-state index contributed by atoms with van der Waals surface area (Å²) in [6, 6.07) is 9.73. The van der Waals surface area contributed by atoms with Gasteiger partial charge in [0.15, 0.2) is 0 Å². The van der Waals surface area contributed by atoms with E-state index >= 15 is 0 Å². The van der Waals surface area contributed by atoms with Crippen LogP contribution in [0.15, 0.2) is 36.5 Å². The minimum atomic E-state index is 0.671. The molecule has 0 radical (unpaired) electrons. The summed E-state index contributed by atoms with van der Waals surface area (Å²) < 4.78 is 5.40. The molecule has 3 nitrogen and oxygen atoms in total. The number of ether oxygens (including phenoxy) is 1. The SMILES string of the molecule is CCOc1ccc(-c2nccc(C)c2N)cc1. The van der Waals surface area contributed by atoms with Crippen molar-refractivity contribution < 1.29 is 4.74 Å².